The number of nitrogens with two attached hydrogens (primary N) is 1. The molecule has 0 saturated carbocycles. The third-order valence-electron chi connectivity index (χ3n) is 5.05. The van der Waals surface area contributed by atoms with Gasteiger partial charge < -0.3 is 25.1 Å². The molecule has 0 radical (unpaired) electrons. The Morgan fingerprint density at radius 1 is 1.13 bits per heavy atom. The first-order valence-corrected chi connectivity index (χ1v) is 9.53. The van der Waals surface area contributed by atoms with Crippen LogP contribution in [0.2, 0.25) is 0 Å². The SMILES string of the molecule is COC(=O)C1=C(N)Oc2cc(O)ccc2[C@@H]1c1ccc(OCc2ccccc2F)cc1. The van der Waals surface area contributed by atoms with E-state index >= 15 is 0 Å². The molecule has 0 saturated heterocycles. The highest BCUT2D eigenvalue weighted by Crippen LogP contribution is 2.44. The summed E-state index contributed by atoms with van der Waals surface area (Å²) < 4.78 is 29.9. The summed E-state index contributed by atoms with van der Waals surface area (Å²) in [6.45, 7) is 0.0889. The lowest BCUT2D eigenvalue weighted by molar-refractivity contribution is -0.136. The van der Waals surface area contributed by atoms with E-state index in [9.17, 15) is 14.3 Å². The van der Waals surface area contributed by atoms with Crippen molar-refractivity contribution < 1.29 is 28.5 Å². The van der Waals surface area contributed by atoms with Crippen LogP contribution in [0, 0.1) is 5.82 Å². The van der Waals surface area contributed by atoms with E-state index in [2.05, 4.69) is 0 Å². The van der Waals surface area contributed by atoms with Crippen LogP contribution in [0.25, 0.3) is 0 Å². The molecule has 0 aromatic heterocycles. The lowest BCUT2D eigenvalue weighted by Gasteiger charge is -2.28. The molecule has 6 nitrogen and oxygen atoms in total. The first kappa shape index (κ1) is 20.3. The number of aromatic hydroxyl groups is 1. The molecule has 3 aromatic rings. The maximum atomic E-state index is 13.8. The minimum atomic E-state index is -0.610. The van der Waals surface area contributed by atoms with Crippen LogP contribution in [0.5, 0.6) is 17.2 Å². The maximum absolute atomic E-state index is 13.8. The third-order valence-corrected chi connectivity index (χ3v) is 5.05. The van der Waals surface area contributed by atoms with Gasteiger partial charge in [0.1, 0.15) is 35.2 Å². The summed E-state index contributed by atoms with van der Waals surface area (Å²) in [5.74, 6) is -0.668. The fourth-order valence-electron chi connectivity index (χ4n) is 3.53. The fourth-order valence-corrected chi connectivity index (χ4v) is 3.53. The Hall–Kier alpha value is -4.00. The van der Waals surface area contributed by atoms with Gasteiger partial charge in [-0.05, 0) is 29.8 Å². The molecule has 7 heteroatoms. The molecule has 4 rings (SSSR count). The minimum absolute atomic E-state index is 0.0173. The largest absolute Gasteiger partial charge is 0.508 e. The van der Waals surface area contributed by atoms with E-state index < -0.39 is 11.9 Å². The topological polar surface area (TPSA) is 91.0 Å². The predicted octanol–water partition coefficient (Wildman–Crippen LogP) is 3.98. The maximum Gasteiger partial charge on any atom is 0.340 e. The van der Waals surface area contributed by atoms with Crippen molar-refractivity contribution in [2.75, 3.05) is 7.11 Å². The van der Waals surface area contributed by atoms with Crippen LogP contribution < -0.4 is 15.2 Å². The van der Waals surface area contributed by atoms with Crippen molar-refractivity contribution in [3.63, 3.8) is 0 Å². The summed E-state index contributed by atoms with van der Waals surface area (Å²) in [6, 6.07) is 18.1. The van der Waals surface area contributed by atoms with Crippen molar-refractivity contribution in [3.05, 3.63) is 101 Å². The first-order chi connectivity index (χ1) is 15.0. The molecule has 158 valence electrons. The number of fused-ring (bicyclic) bond motifs is 1. The van der Waals surface area contributed by atoms with E-state index in [-0.39, 0.29) is 29.6 Å². The van der Waals surface area contributed by atoms with E-state index in [4.69, 9.17) is 19.9 Å². The highest BCUT2D eigenvalue weighted by Gasteiger charge is 2.35. The van der Waals surface area contributed by atoms with Gasteiger partial charge >= 0.3 is 5.97 Å². The third kappa shape index (κ3) is 4.02. The van der Waals surface area contributed by atoms with Crippen LogP contribution in [-0.4, -0.2) is 18.2 Å². The number of rotatable bonds is 5. The Labute approximate surface area is 178 Å². The van der Waals surface area contributed by atoms with Gasteiger partial charge in [-0.3, -0.25) is 0 Å². The number of carbonyl (C=O) groups is 1. The van der Waals surface area contributed by atoms with Crippen molar-refractivity contribution in [1.29, 1.82) is 0 Å². The molecule has 0 amide bonds. The number of methoxy groups -OCH3 is 1. The molecule has 0 fully saturated rings. The highest BCUT2D eigenvalue weighted by molar-refractivity contribution is 5.92. The summed E-state index contributed by atoms with van der Waals surface area (Å²) in [4.78, 5) is 12.4. The van der Waals surface area contributed by atoms with E-state index in [1.165, 1.54) is 25.3 Å². The zero-order chi connectivity index (χ0) is 22.0. The molecular weight excluding hydrogens is 401 g/mol. The van der Waals surface area contributed by atoms with Gasteiger partial charge in [0.25, 0.3) is 0 Å². The van der Waals surface area contributed by atoms with Crippen LogP contribution in [0.15, 0.2) is 78.2 Å². The number of halogens is 1. The standard InChI is InChI=1S/C24H20FNO5/c1-29-24(28)22-21(18-11-8-16(27)12-20(18)31-23(22)26)14-6-9-17(10-7-14)30-13-15-4-2-3-5-19(15)25/h2-12,21,27H,13,26H2,1H3/t21-/m0/s1. The molecule has 3 aromatic carbocycles. The number of hydrogen-bond donors (Lipinski definition) is 2. The van der Waals surface area contributed by atoms with E-state index in [0.29, 0.717) is 22.6 Å². The van der Waals surface area contributed by atoms with Crippen molar-refractivity contribution in [1.82, 2.24) is 0 Å². The summed E-state index contributed by atoms with van der Waals surface area (Å²) in [5, 5.41) is 9.79. The molecule has 0 aliphatic carbocycles. The van der Waals surface area contributed by atoms with Crippen molar-refractivity contribution in [2.24, 2.45) is 5.73 Å². The molecule has 31 heavy (non-hydrogen) atoms. The van der Waals surface area contributed by atoms with E-state index in [1.54, 1.807) is 48.5 Å². The number of ether oxygens (including phenoxy) is 3. The Kier molecular flexibility index (Phi) is 5.49. The van der Waals surface area contributed by atoms with Gasteiger partial charge in [-0.1, -0.05) is 36.4 Å². The Bertz CT molecular complexity index is 1160. The lowest BCUT2D eigenvalue weighted by atomic mass is 9.83. The lowest BCUT2D eigenvalue weighted by Crippen LogP contribution is -2.26. The monoisotopic (exact) mass is 421 g/mol. The number of hydrogen-bond acceptors (Lipinski definition) is 6. The Morgan fingerprint density at radius 3 is 2.58 bits per heavy atom. The normalized spacial score (nSPS) is 15.1. The Morgan fingerprint density at radius 2 is 1.87 bits per heavy atom. The smallest absolute Gasteiger partial charge is 0.340 e. The summed E-state index contributed by atoms with van der Waals surface area (Å²) in [5.41, 5.74) is 8.05. The second kappa shape index (κ2) is 8.39. The van der Waals surface area contributed by atoms with Crippen molar-refractivity contribution in [3.8, 4) is 17.2 Å². The van der Waals surface area contributed by atoms with Gasteiger partial charge in [-0.25, -0.2) is 9.18 Å². The minimum Gasteiger partial charge on any atom is -0.508 e. The van der Waals surface area contributed by atoms with Gasteiger partial charge in [0, 0.05) is 17.2 Å². The van der Waals surface area contributed by atoms with Gasteiger partial charge in [-0.15, -0.1) is 0 Å². The van der Waals surface area contributed by atoms with Gasteiger partial charge in [0.2, 0.25) is 5.88 Å². The molecule has 0 spiro atoms. The van der Waals surface area contributed by atoms with Crippen LogP contribution >= 0.6 is 0 Å². The molecule has 1 aliphatic rings. The van der Waals surface area contributed by atoms with E-state index in [0.717, 1.165) is 5.56 Å². The number of benzene rings is 3. The molecule has 1 atom stereocenters. The fraction of sp³-hybridized carbons (Fsp3) is 0.125. The number of phenols is 1. The average Bonchev–Trinajstić information content (AvgIpc) is 2.77. The van der Waals surface area contributed by atoms with Crippen molar-refractivity contribution >= 4 is 5.97 Å². The molecule has 1 heterocycles. The number of phenolic OH excluding ortho intramolecular Hbond substituents is 1. The second-order valence-electron chi connectivity index (χ2n) is 6.98. The summed E-state index contributed by atoms with van der Waals surface area (Å²) in [6.07, 6.45) is 0. The number of carbonyl (C=O) groups excluding carboxylic acids is 1. The van der Waals surface area contributed by atoms with Crippen molar-refractivity contribution in [2.45, 2.75) is 12.5 Å². The summed E-state index contributed by atoms with van der Waals surface area (Å²) in [7, 11) is 1.27. The molecule has 1 aliphatic heterocycles. The quantitative estimate of drug-likeness (QED) is 0.606. The molecular formula is C24H20FNO5. The molecule has 0 unspecified atom stereocenters. The predicted molar refractivity (Wildman–Crippen MR) is 111 cm³/mol. The van der Waals surface area contributed by atoms with Crippen LogP contribution in [-0.2, 0) is 16.1 Å². The van der Waals surface area contributed by atoms with Crippen LogP contribution in [0.4, 0.5) is 4.39 Å². The average molecular weight is 421 g/mol. The molecule has 3 N–H and O–H groups in total. The highest BCUT2D eigenvalue weighted by atomic mass is 19.1. The van der Waals surface area contributed by atoms with Gasteiger partial charge in [0.05, 0.1) is 13.0 Å². The first-order valence-electron chi connectivity index (χ1n) is 9.53. The summed E-state index contributed by atoms with van der Waals surface area (Å²) >= 11 is 0. The van der Waals surface area contributed by atoms with Crippen LogP contribution in [0.3, 0.4) is 0 Å². The van der Waals surface area contributed by atoms with Gasteiger partial charge in [-0.2, -0.15) is 0 Å². The van der Waals surface area contributed by atoms with Gasteiger partial charge in [0.15, 0.2) is 0 Å². The zero-order valence-electron chi connectivity index (χ0n) is 16.7. The second-order valence-corrected chi connectivity index (χ2v) is 6.98. The van der Waals surface area contributed by atoms with Crippen LogP contribution in [0.1, 0.15) is 22.6 Å². The molecule has 0 bridgehead atoms. The zero-order valence-corrected chi connectivity index (χ0v) is 16.7. The number of esters is 1. The van der Waals surface area contributed by atoms with E-state index in [1.807, 2.05) is 0 Å². The Balaban J connectivity index is 1.65.